The number of nitrogens with zero attached hydrogens (tertiary/aromatic N) is 3. The van der Waals surface area contributed by atoms with E-state index in [1.807, 2.05) is 43.3 Å². The van der Waals surface area contributed by atoms with Gasteiger partial charge in [0.25, 0.3) is 0 Å². The van der Waals surface area contributed by atoms with Crippen molar-refractivity contribution in [1.29, 1.82) is 0 Å². The van der Waals surface area contributed by atoms with Crippen LogP contribution in [0.25, 0.3) is 11.4 Å². The van der Waals surface area contributed by atoms with Gasteiger partial charge in [0.1, 0.15) is 0 Å². The first-order chi connectivity index (χ1) is 16.5. The molecule has 7 nitrogen and oxygen atoms in total. The van der Waals surface area contributed by atoms with Gasteiger partial charge < -0.3 is 14.2 Å². The van der Waals surface area contributed by atoms with Crippen molar-refractivity contribution in [2.45, 2.75) is 50.2 Å². The molecule has 0 unspecified atom stereocenters. The van der Waals surface area contributed by atoms with Gasteiger partial charge in [-0.15, -0.1) is 10.2 Å². The average molecular weight is 482 g/mol. The van der Waals surface area contributed by atoms with Gasteiger partial charge in [0.15, 0.2) is 28.3 Å². The lowest BCUT2D eigenvalue weighted by Crippen LogP contribution is -2.15. The van der Waals surface area contributed by atoms with Crippen molar-refractivity contribution in [3.8, 4) is 28.6 Å². The van der Waals surface area contributed by atoms with Gasteiger partial charge in [0.05, 0.1) is 27.1 Å². The summed E-state index contributed by atoms with van der Waals surface area (Å²) in [5.41, 5.74) is 2.69. The maximum absolute atomic E-state index is 12.8. The van der Waals surface area contributed by atoms with Crippen molar-refractivity contribution in [2.24, 2.45) is 0 Å². The highest BCUT2D eigenvalue weighted by molar-refractivity contribution is 7.99. The Morgan fingerprint density at radius 2 is 1.62 bits per heavy atom. The zero-order valence-electron chi connectivity index (χ0n) is 20.2. The highest BCUT2D eigenvalue weighted by Crippen LogP contribution is 2.43. The SMILES string of the molecule is COc1cc(-c2nnc(SCC(=O)c3ccc(C)cc3)n2C2CCCCC2)cc(OC)c1OC. The third-order valence-corrected chi connectivity index (χ3v) is 7.18. The van der Waals surface area contributed by atoms with Crippen molar-refractivity contribution in [1.82, 2.24) is 14.8 Å². The molecule has 1 aliphatic carbocycles. The lowest BCUT2D eigenvalue weighted by Gasteiger charge is -2.26. The number of hydrogen-bond donors (Lipinski definition) is 0. The van der Waals surface area contributed by atoms with E-state index in [0.29, 0.717) is 28.6 Å². The number of methoxy groups -OCH3 is 3. The van der Waals surface area contributed by atoms with E-state index in [9.17, 15) is 4.79 Å². The summed E-state index contributed by atoms with van der Waals surface area (Å²) in [5, 5.41) is 9.83. The summed E-state index contributed by atoms with van der Waals surface area (Å²) in [7, 11) is 4.79. The number of hydrogen-bond acceptors (Lipinski definition) is 7. The van der Waals surface area contributed by atoms with Gasteiger partial charge in [-0.25, -0.2) is 0 Å². The molecule has 0 amide bonds. The number of aryl methyl sites for hydroxylation is 1. The summed E-state index contributed by atoms with van der Waals surface area (Å²) in [6, 6.07) is 11.8. The van der Waals surface area contributed by atoms with E-state index in [2.05, 4.69) is 14.8 Å². The Labute approximate surface area is 204 Å². The lowest BCUT2D eigenvalue weighted by atomic mass is 9.95. The molecule has 1 heterocycles. The predicted octanol–water partition coefficient (Wildman–Crippen LogP) is 5.76. The smallest absolute Gasteiger partial charge is 0.203 e. The van der Waals surface area contributed by atoms with Crippen LogP contribution in [0.5, 0.6) is 17.2 Å². The Bertz CT molecular complexity index is 1110. The molecule has 0 saturated heterocycles. The van der Waals surface area contributed by atoms with Crippen molar-refractivity contribution in [3.63, 3.8) is 0 Å². The third kappa shape index (κ3) is 5.06. The minimum atomic E-state index is 0.0810. The summed E-state index contributed by atoms with van der Waals surface area (Å²) < 4.78 is 18.8. The van der Waals surface area contributed by atoms with Crippen LogP contribution < -0.4 is 14.2 Å². The Morgan fingerprint density at radius 3 is 2.21 bits per heavy atom. The topological polar surface area (TPSA) is 75.5 Å². The second kappa shape index (κ2) is 11.0. The zero-order chi connectivity index (χ0) is 24.1. The molecule has 3 aromatic rings. The quantitative estimate of drug-likeness (QED) is 0.284. The van der Waals surface area contributed by atoms with E-state index in [1.54, 1.807) is 21.3 Å². The second-order valence-electron chi connectivity index (χ2n) is 8.46. The van der Waals surface area contributed by atoms with Crippen LogP contribution in [-0.2, 0) is 0 Å². The van der Waals surface area contributed by atoms with Crippen molar-refractivity contribution in [2.75, 3.05) is 27.1 Å². The molecule has 0 bridgehead atoms. The van der Waals surface area contributed by atoms with Gasteiger partial charge in [-0.1, -0.05) is 60.9 Å². The number of aromatic nitrogens is 3. The number of ether oxygens (including phenoxy) is 3. The fourth-order valence-corrected chi connectivity index (χ4v) is 5.30. The van der Waals surface area contributed by atoms with Gasteiger partial charge in [0, 0.05) is 17.2 Å². The molecular formula is C26H31N3O4S. The standard InChI is InChI=1S/C26H31N3O4S/c1-17-10-12-18(13-11-17)21(30)16-34-26-28-27-25(29(26)20-8-6-5-7-9-20)19-14-22(31-2)24(33-4)23(15-19)32-3/h10-15,20H,5-9,16H2,1-4H3. The maximum Gasteiger partial charge on any atom is 0.203 e. The molecule has 4 rings (SSSR count). The average Bonchev–Trinajstić information content (AvgIpc) is 3.31. The zero-order valence-corrected chi connectivity index (χ0v) is 21.0. The van der Waals surface area contributed by atoms with E-state index in [1.165, 1.54) is 31.0 Å². The largest absolute Gasteiger partial charge is 0.493 e. The van der Waals surface area contributed by atoms with E-state index < -0.39 is 0 Å². The van der Waals surface area contributed by atoms with Crippen LogP contribution in [-0.4, -0.2) is 47.6 Å². The number of Topliss-reactive ketones (excluding diaryl/α,β-unsaturated/α-hetero) is 1. The molecule has 34 heavy (non-hydrogen) atoms. The number of thioether (sulfide) groups is 1. The Hall–Kier alpha value is -3.00. The van der Waals surface area contributed by atoms with Crippen molar-refractivity contribution >= 4 is 17.5 Å². The highest BCUT2D eigenvalue weighted by Gasteiger charge is 2.26. The van der Waals surface area contributed by atoms with Crippen LogP contribution in [0.15, 0.2) is 41.6 Å². The second-order valence-corrected chi connectivity index (χ2v) is 9.40. The van der Waals surface area contributed by atoms with Crippen LogP contribution in [0.3, 0.4) is 0 Å². The summed E-state index contributed by atoms with van der Waals surface area (Å²) in [6.07, 6.45) is 5.71. The summed E-state index contributed by atoms with van der Waals surface area (Å²) in [4.78, 5) is 12.8. The van der Waals surface area contributed by atoms with Gasteiger partial charge in [-0.05, 0) is 31.9 Å². The molecule has 0 aliphatic heterocycles. The minimum absolute atomic E-state index is 0.0810. The number of rotatable bonds is 9. The Kier molecular flexibility index (Phi) is 7.77. The Morgan fingerprint density at radius 1 is 0.971 bits per heavy atom. The normalized spacial score (nSPS) is 14.1. The predicted molar refractivity (Wildman–Crippen MR) is 133 cm³/mol. The molecule has 0 radical (unpaired) electrons. The number of carbonyl (C=O) groups excluding carboxylic acids is 1. The minimum Gasteiger partial charge on any atom is -0.493 e. The van der Waals surface area contributed by atoms with E-state index in [4.69, 9.17) is 14.2 Å². The van der Waals surface area contributed by atoms with E-state index >= 15 is 0 Å². The summed E-state index contributed by atoms with van der Waals surface area (Å²) >= 11 is 1.44. The first kappa shape index (κ1) is 24.1. The molecule has 1 fully saturated rings. The van der Waals surface area contributed by atoms with Crippen molar-refractivity contribution < 1.29 is 19.0 Å². The van der Waals surface area contributed by atoms with Gasteiger partial charge in [0.2, 0.25) is 5.75 Å². The fourth-order valence-electron chi connectivity index (χ4n) is 4.40. The molecule has 180 valence electrons. The van der Waals surface area contributed by atoms with Crippen LogP contribution >= 0.6 is 11.8 Å². The fraction of sp³-hybridized carbons (Fsp3) is 0.423. The van der Waals surface area contributed by atoms with Gasteiger partial charge >= 0.3 is 0 Å². The molecular weight excluding hydrogens is 450 g/mol. The molecule has 8 heteroatoms. The van der Waals surface area contributed by atoms with Crippen LogP contribution in [0.1, 0.15) is 54.1 Å². The highest BCUT2D eigenvalue weighted by atomic mass is 32.2. The van der Waals surface area contributed by atoms with E-state index in [-0.39, 0.29) is 11.8 Å². The van der Waals surface area contributed by atoms with E-state index in [0.717, 1.165) is 34.9 Å². The lowest BCUT2D eigenvalue weighted by molar-refractivity contribution is 0.102. The molecule has 0 atom stereocenters. The number of carbonyl (C=O) groups is 1. The first-order valence-corrected chi connectivity index (χ1v) is 12.5. The third-order valence-electron chi connectivity index (χ3n) is 6.23. The van der Waals surface area contributed by atoms with Gasteiger partial charge in [-0.3, -0.25) is 9.36 Å². The number of benzene rings is 2. The first-order valence-electron chi connectivity index (χ1n) is 11.5. The molecule has 0 spiro atoms. The monoisotopic (exact) mass is 481 g/mol. The summed E-state index contributed by atoms with van der Waals surface area (Å²) in [6.45, 7) is 2.01. The maximum atomic E-state index is 12.8. The van der Waals surface area contributed by atoms with Crippen LogP contribution in [0.2, 0.25) is 0 Å². The molecule has 0 N–H and O–H groups in total. The summed E-state index contributed by atoms with van der Waals surface area (Å²) in [5.74, 6) is 2.81. The molecule has 1 aliphatic rings. The molecule has 2 aromatic carbocycles. The Balaban J connectivity index is 1.69. The molecule has 1 aromatic heterocycles. The van der Waals surface area contributed by atoms with Crippen LogP contribution in [0.4, 0.5) is 0 Å². The van der Waals surface area contributed by atoms with Crippen LogP contribution in [0, 0.1) is 6.92 Å². The molecule has 1 saturated carbocycles. The van der Waals surface area contributed by atoms with Gasteiger partial charge in [-0.2, -0.15) is 0 Å². The number of ketones is 1. The van der Waals surface area contributed by atoms with Crippen molar-refractivity contribution in [3.05, 3.63) is 47.5 Å².